The Balaban J connectivity index is 1.80. The van der Waals surface area contributed by atoms with Gasteiger partial charge in [-0.1, -0.05) is 42.5 Å². The van der Waals surface area contributed by atoms with E-state index in [0.29, 0.717) is 0 Å². The van der Waals surface area contributed by atoms with Crippen LogP contribution in [0.1, 0.15) is 11.3 Å². The van der Waals surface area contributed by atoms with Gasteiger partial charge in [-0.05, 0) is 37.3 Å². The smallest absolute Gasteiger partial charge is 0.226 e. The van der Waals surface area contributed by atoms with Crippen LogP contribution in [0.5, 0.6) is 5.75 Å². The van der Waals surface area contributed by atoms with E-state index in [-0.39, 0.29) is 0 Å². The Kier molecular flexibility index (Phi) is 3.72. The topological polar surface area (TPSA) is 25.4 Å². The minimum atomic E-state index is -0.935. The van der Waals surface area contributed by atoms with Crippen molar-refractivity contribution in [2.24, 2.45) is 0 Å². The van der Waals surface area contributed by atoms with Crippen molar-refractivity contribution in [1.29, 1.82) is 0 Å². The molecule has 0 amide bonds. The largest absolute Gasteiger partial charge is 0.448 e. The Morgan fingerprint density at radius 3 is 2.52 bits per heavy atom. The molecule has 0 spiro atoms. The van der Waals surface area contributed by atoms with Gasteiger partial charge < -0.3 is 4.52 Å². The molecule has 1 aromatic heterocycles. The fourth-order valence-electron chi connectivity index (χ4n) is 2.69. The number of hydrogen-bond donors (Lipinski definition) is 0. The van der Waals surface area contributed by atoms with E-state index < -0.39 is 8.30 Å². The minimum Gasteiger partial charge on any atom is -0.448 e. The third-order valence-corrected chi connectivity index (χ3v) is 5.71. The highest BCUT2D eigenvalue weighted by Gasteiger charge is 2.30. The van der Waals surface area contributed by atoms with Crippen LogP contribution >= 0.6 is 8.30 Å². The SMILES string of the molecule is Cc1cccc(N2Cc3ccccc3OP2c2ccccc2)n1. The molecule has 0 saturated carbocycles. The standard InChI is InChI=1S/C19H17N2OP/c1-15-8-7-13-19(20-15)21-14-16-9-5-6-12-18(16)22-23(21)17-10-3-2-4-11-17/h2-13H,14H2,1H3. The lowest BCUT2D eigenvalue weighted by Gasteiger charge is -2.36. The van der Waals surface area contributed by atoms with Crippen LogP contribution in [0.25, 0.3) is 0 Å². The van der Waals surface area contributed by atoms with Crippen LogP contribution in [0.2, 0.25) is 0 Å². The summed E-state index contributed by atoms with van der Waals surface area (Å²) in [4.78, 5) is 4.71. The van der Waals surface area contributed by atoms with E-state index in [2.05, 4.69) is 59.3 Å². The molecule has 2 aromatic carbocycles. The first-order valence-corrected chi connectivity index (χ1v) is 8.85. The maximum atomic E-state index is 6.38. The maximum Gasteiger partial charge on any atom is 0.226 e. The molecule has 4 rings (SSSR count). The van der Waals surface area contributed by atoms with Crippen LogP contribution in [-0.4, -0.2) is 4.98 Å². The third-order valence-electron chi connectivity index (χ3n) is 3.81. The highest BCUT2D eigenvalue weighted by atomic mass is 31.2. The Bertz CT molecular complexity index is 822. The second-order valence-corrected chi connectivity index (χ2v) is 7.23. The molecule has 23 heavy (non-hydrogen) atoms. The van der Waals surface area contributed by atoms with Gasteiger partial charge >= 0.3 is 0 Å². The van der Waals surface area contributed by atoms with Crippen molar-refractivity contribution < 1.29 is 4.52 Å². The van der Waals surface area contributed by atoms with E-state index >= 15 is 0 Å². The van der Waals surface area contributed by atoms with Gasteiger partial charge in [0.1, 0.15) is 11.6 Å². The molecule has 3 aromatic rings. The van der Waals surface area contributed by atoms with Gasteiger partial charge in [-0.15, -0.1) is 0 Å². The average Bonchev–Trinajstić information content (AvgIpc) is 2.61. The summed E-state index contributed by atoms with van der Waals surface area (Å²) in [5.74, 6) is 1.95. The van der Waals surface area contributed by atoms with Crippen LogP contribution in [0.15, 0.2) is 72.8 Å². The highest BCUT2D eigenvalue weighted by Crippen LogP contribution is 2.49. The maximum absolute atomic E-state index is 6.38. The first-order chi connectivity index (χ1) is 11.3. The number of fused-ring (bicyclic) bond motifs is 1. The van der Waals surface area contributed by atoms with Crippen LogP contribution in [0.3, 0.4) is 0 Å². The first-order valence-electron chi connectivity index (χ1n) is 7.63. The summed E-state index contributed by atoms with van der Waals surface area (Å²) in [5.41, 5.74) is 2.22. The summed E-state index contributed by atoms with van der Waals surface area (Å²) in [5, 5.41) is 1.19. The van der Waals surface area contributed by atoms with Crippen molar-refractivity contribution in [2.75, 3.05) is 4.67 Å². The summed E-state index contributed by atoms with van der Waals surface area (Å²) >= 11 is 0. The number of para-hydroxylation sites is 1. The van der Waals surface area contributed by atoms with Gasteiger partial charge in [0.15, 0.2) is 0 Å². The summed E-state index contributed by atoms with van der Waals surface area (Å²) < 4.78 is 8.65. The zero-order valence-corrected chi connectivity index (χ0v) is 13.8. The lowest BCUT2D eigenvalue weighted by Crippen LogP contribution is -2.29. The molecule has 0 aliphatic carbocycles. The van der Waals surface area contributed by atoms with E-state index in [9.17, 15) is 0 Å². The second-order valence-electron chi connectivity index (χ2n) is 5.50. The molecule has 1 aliphatic rings. The number of pyridine rings is 1. The molecule has 1 unspecified atom stereocenters. The Hall–Kier alpha value is -2.38. The fourth-order valence-corrected chi connectivity index (χ4v) is 4.54. The molecule has 0 bridgehead atoms. The molecule has 0 N–H and O–H groups in total. The van der Waals surface area contributed by atoms with E-state index in [1.54, 1.807) is 0 Å². The van der Waals surface area contributed by atoms with Gasteiger partial charge in [-0.2, -0.15) is 0 Å². The Labute approximate surface area is 137 Å². The van der Waals surface area contributed by atoms with Gasteiger partial charge in [-0.3, -0.25) is 4.67 Å². The van der Waals surface area contributed by atoms with Gasteiger partial charge in [0.2, 0.25) is 8.30 Å². The third kappa shape index (κ3) is 2.80. The van der Waals surface area contributed by atoms with Crippen LogP contribution in [-0.2, 0) is 6.54 Å². The molecular weight excluding hydrogens is 303 g/mol. The molecule has 114 valence electrons. The summed E-state index contributed by atoms with van der Waals surface area (Å²) in [6, 6.07) is 24.8. The average molecular weight is 320 g/mol. The van der Waals surface area contributed by atoms with Crippen molar-refractivity contribution in [2.45, 2.75) is 13.5 Å². The molecule has 0 saturated heterocycles. The monoisotopic (exact) mass is 320 g/mol. The molecule has 0 fully saturated rings. The van der Waals surface area contributed by atoms with Crippen LogP contribution in [0, 0.1) is 6.92 Å². The molecule has 3 nitrogen and oxygen atoms in total. The van der Waals surface area contributed by atoms with Crippen molar-refractivity contribution in [3.63, 3.8) is 0 Å². The van der Waals surface area contributed by atoms with Crippen molar-refractivity contribution >= 4 is 19.4 Å². The number of nitrogens with zero attached hydrogens (tertiary/aromatic N) is 2. The number of benzene rings is 2. The van der Waals surface area contributed by atoms with Gasteiger partial charge in [-0.25, -0.2) is 4.98 Å². The van der Waals surface area contributed by atoms with Gasteiger partial charge in [0.25, 0.3) is 0 Å². The number of aromatic nitrogens is 1. The van der Waals surface area contributed by atoms with Crippen LogP contribution < -0.4 is 14.5 Å². The number of hydrogen-bond acceptors (Lipinski definition) is 3. The second kappa shape index (κ2) is 6.02. The Morgan fingerprint density at radius 2 is 1.70 bits per heavy atom. The summed E-state index contributed by atoms with van der Waals surface area (Å²) in [6.45, 7) is 2.83. The van der Waals surface area contributed by atoms with Crippen molar-refractivity contribution in [1.82, 2.24) is 4.98 Å². The normalized spacial score (nSPS) is 16.6. The first kappa shape index (κ1) is 14.2. The van der Waals surface area contributed by atoms with Crippen molar-refractivity contribution in [3.05, 3.63) is 84.1 Å². The lowest BCUT2D eigenvalue weighted by atomic mass is 10.2. The lowest BCUT2D eigenvalue weighted by molar-refractivity contribution is 0.586. The summed E-state index contributed by atoms with van der Waals surface area (Å²) in [6.07, 6.45) is 0. The Morgan fingerprint density at radius 1 is 0.913 bits per heavy atom. The molecule has 1 aliphatic heterocycles. The molecule has 0 radical (unpaired) electrons. The van der Waals surface area contributed by atoms with Gasteiger partial charge in [0.05, 0.1) is 6.54 Å². The molecule has 1 atom stereocenters. The summed E-state index contributed by atoms with van der Waals surface area (Å²) in [7, 11) is -0.935. The van der Waals surface area contributed by atoms with E-state index in [4.69, 9.17) is 9.51 Å². The van der Waals surface area contributed by atoms with Crippen LogP contribution in [0.4, 0.5) is 5.82 Å². The number of anilines is 1. The molecule has 4 heteroatoms. The zero-order valence-electron chi connectivity index (χ0n) is 12.9. The van der Waals surface area contributed by atoms with Crippen molar-refractivity contribution in [3.8, 4) is 5.75 Å². The predicted molar refractivity (Wildman–Crippen MR) is 95.2 cm³/mol. The van der Waals surface area contributed by atoms with E-state index in [1.165, 1.54) is 10.9 Å². The minimum absolute atomic E-state index is 0.813. The van der Waals surface area contributed by atoms with E-state index in [0.717, 1.165) is 23.8 Å². The predicted octanol–water partition coefficient (Wildman–Crippen LogP) is 4.43. The fraction of sp³-hybridized carbons (Fsp3) is 0.105. The van der Waals surface area contributed by atoms with E-state index in [1.807, 2.05) is 25.1 Å². The molecular formula is C19H17N2OP. The quantitative estimate of drug-likeness (QED) is 0.653. The number of aryl methyl sites for hydroxylation is 1. The van der Waals surface area contributed by atoms with Gasteiger partial charge in [0, 0.05) is 16.6 Å². The molecule has 2 heterocycles. The number of rotatable bonds is 2. The zero-order chi connectivity index (χ0) is 15.6. The highest BCUT2D eigenvalue weighted by molar-refractivity contribution is 7.62.